The van der Waals surface area contributed by atoms with Crippen LogP contribution in [0, 0.1) is 6.92 Å². The summed E-state index contributed by atoms with van der Waals surface area (Å²) in [5.41, 5.74) is 14.6. The van der Waals surface area contributed by atoms with Crippen molar-refractivity contribution < 1.29 is 4.79 Å². The average molecular weight is 403 g/mol. The van der Waals surface area contributed by atoms with Crippen LogP contribution in [-0.4, -0.2) is 22.3 Å². The number of aliphatic imine (C=N–C) groups is 1. The molecule has 1 aromatic heterocycles. The molecule has 30 heavy (non-hydrogen) atoms. The highest BCUT2D eigenvalue weighted by atomic mass is 16.1. The highest BCUT2D eigenvalue weighted by Gasteiger charge is 2.31. The smallest absolute Gasteiger partial charge is 0.176 e. The number of aldehydes is 1. The molecule has 0 saturated carbocycles. The number of aromatic amines is 1. The Morgan fingerprint density at radius 1 is 1.13 bits per heavy atom. The summed E-state index contributed by atoms with van der Waals surface area (Å²) >= 11 is 0. The highest BCUT2D eigenvalue weighted by Crippen LogP contribution is 2.33. The lowest BCUT2D eigenvalue weighted by Gasteiger charge is -2.37. The lowest BCUT2D eigenvalue weighted by atomic mass is 9.87. The largest absolute Gasteiger partial charge is 0.399 e. The van der Waals surface area contributed by atoms with Gasteiger partial charge >= 0.3 is 0 Å². The van der Waals surface area contributed by atoms with E-state index in [1.165, 1.54) is 5.56 Å². The Hall–Kier alpha value is -3.61. The number of hydrazine groups is 1. The SMILES string of the molecule is Cc1cc(N=C2NN(c3ccc(C(C)(C)C)cc3)C(C=O)c3ccc(N)cc32)n[nH]1. The van der Waals surface area contributed by atoms with Crippen molar-refractivity contribution in [2.75, 3.05) is 10.7 Å². The van der Waals surface area contributed by atoms with Gasteiger partial charge in [0.25, 0.3) is 0 Å². The quantitative estimate of drug-likeness (QED) is 0.455. The molecule has 154 valence electrons. The molecule has 0 fully saturated rings. The molecular formula is C23H26N6O. The van der Waals surface area contributed by atoms with Crippen LogP contribution in [0.25, 0.3) is 0 Å². The number of nitrogens with zero attached hydrogens (tertiary/aromatic N) is 3. The minimum Gasteiger partial charge on any atom is -0.399 e. The Balaban J connectivity index is 1.81. The molecule has 0 aliphatic carbocycles. The minimum absolute atomic E-state index is 0.0481. The van der Waals surface area contributed by atoms with Crippen LogP contribution in [0.4, 0.5) is 17.2 Å². The number of H-pyrrole nitrogens is 1. The molecular weight excluding hydrogens is 376 g/mol. The number of nitrogen functional groups attached to an aromatic ring is 1. The molecule has 1 aliphatic heterocycles. The normalized spacial score (nSPS) is 17.5. The second-order valence-corrected chi connectivity index (χ2v) is 8.58. The van der Waals surface area contributed by atoms with Gasteiger partial charge in [-0.05, 0) is 47.7 Å². The molecule has 2 heterocycles. The summed E-state index contributed by atoms with van der Waals surface area (Å²) in [6.07, 6.45) is 0.926. The van der Waals surface area contributed by atoms with Crippen molar-refractivity contribution in [2.24, 2.45) is 4.99 Å². The van der Waals surface area contributed by atoms with Gasteiger partial charge in [0.2, 0.25) is 0 Å². The van der Waals surface area contributed by atoms with Crippen molar-refractivity contribution >= 4 is 29.3 Å². The van der Waals surface area contributed by atoms with Crippen molar-refractivity contribution in [2.45, 2.75) is 39.2 Å². The number of aryl methyl sites for hydroxylation is 1. The highest BCUT2D eigenvalue weighted by molar-refractivity contribution is 6.05. The second kappa shape index (κ2) is 7.33. The number of rotatable bonds is 3. The Morgan fingerprint density at radius 3 is 2.47 bits per heavy atom. The summed E-state index contributed by atoms with van der Waals surface area (Å²) in [6, 6.07) is 15.1. The Kier molecular flexibility index (Phi) is 4.81. The fraction of sp³-hybridized carbons (Fsp3) is 0.261. The number of hydrogen-bond acceptors (Lipinski definition) is 5. The van der Waals surface area contributed by atoms with Crippen LogP contribution in [0.1, 0.15) is 49.2 Å². The number of amidine groups is 1. The van der Waals surface area contributed by atoms with Gasteiger partial charge in [0, 0.05) is 23.0 Å². The molecule has 1 atom stereocenters. The van der Waals surface area contributed by atoms with Gasteiger partial charge in [0.15, 0.2) is 11.7 Å². The first-order valence-electron chi connectivity index (χ1n) is 9.88. The summed E-state index contributed by atoms with van der Waals surface area (Å²) < 4.78 is 0. The van der Waals surface area contributed by atoms with Crippen LogP contribution >= 0.6 is 0 Å². The zero-order chi connectivity index (χ0) is 21.5. The molecule has 4 rings (SSSR count). The van der Waals surface area contributed by atoms with E-state index in [2.05, 4.69) is 53.5 Å². The van der Waals surface area contributed by atoms with Gasteiger partial charge in [-0.3, -0.25) is 15.5 Å². The van der Waals surface area contributed by atoms with Crippen molar-refractivity contribution in [3.8, 4) is 0 Å². The van der Waals surface area contributed by atoms with Crippen LogP contribution in [0.5, 0.6) is 0 Å². The number of anilines is 2. The van der Waals surface area contributed by atoms with Crippen molar-refractivity contribution in [1.29, 1.82) is 0 Å². The van der Waals surface area contributed by atoms with E-state index in [9.17, 15) is 4.79 Å². The van der Waals surface area contributed by atoms with Gasteiger partial charge in [0.05, 0.1) is 5.69 Å². The van der Waals surface area contributed by atoms with E-state index in [1.807, 2.05) is 42.3 Å². The Bertz CT molecular complexity index is 1110. The molecule has 3 aromatic rings. The lowest BCUT2D eigenvalue weighted by molar-refractivity contribution is -0.109. The molecule has 7 heteroatoms. The van der Waals surface area contributed by atoms with E-state index in [1.54, 1.807) is 6.07 Å². The number of benzene rings is 2. The molecule has 2 aromatic carbocycles. The predicted octanol–water partition coefficient (Wildman–Crippen LogP) is 3.94. The Labute approximate surface area is 176 Å². The summed E-state index contributed by atoms with van der Waals surface area (Å²) in [6.45, 7) is 8.44. The molecule has 0 amide bonds. The molecule has 1 unspecified atom stereocenters. The van der Waals surface area contributed by atoms with E-state index in [4.69, 9.17) is 5.73 Å². The minimum atomic E-state index is -0.513. The van der Waals surface area contributed by atoms with E-state index < -0.39 is 6.04 Å². The third kappa shape index (κ3) is 3.66. The number of nitrogens with two attached hydrogens (primary N) is 1. The number of carbonyl (C=O) groups is 1. The molecule has 0 saturated heterocycles. The fourth-order valence-corrected chi connectivity index (χ4v) is 3.56. The van der Waals surface area contributed by atoms with Gasteiger partial charge in [-0.1, -0.05) is 39.0 Å². The monoisotopic (exact) mass is 402 g/mol. The van der Waals surface area contributed by atoms with Crippen LogP contribution in [0.3, 0.4) is 0 Å². The zero-order valence-corrected chi connectivity index (χ0v) is 17.6. The molecule has 0 bridgehead atoms. The maximum atomic E-state index is 12.1. The van der Waals surface area contributed by atoms with Gasteiger partial charge in [-0.15, -0.1) is 0 Å². The number of hydrogen-bond donors (Lipinski definition) is 3. The fourth-order valence-electron chi connectivity index (χ4n) is 3.56. The molecule has 0 radical (unpaired) electrons. The third-order valence-corrected chi connectivity index (χ3v) is 5.21. The molecule has 0 spiro atoms. The van der Waals surface area contributed by atoms with Crippen LogP contribution in [0.2, 0.25) is 0 Å². The van der Waals surface area contributed by atoms with Gasteiger partial charge in [0.1, 0.15) is 12.3 Å². The van der Waals surface area contributed by atoms with Crippen molar-refractivity contribution in [3.63, 3.8) is 0 Å². The first-order valence-corrected chi connectivity index (χ1v) is 9.88. The summed E-state index contributed by atoms with van der Waals surface area (Å²) in [5, 5.41) is 8.94. The first kappa shape index (κ1) is 19.7. The average Bonchev–Trinajstić information content (AvgIpc) is 3.12. The Morgan fingerprint density at radius 2 is 1.87 bits per heavy atom. The van der Waals surface area contributed by atoms with E-state index in [-0.39, 0.29) is 5.41 Å². The van der Waals surface area contributed by atoms with Crippen LogP contribution in [-0.2, 0) is 10.2 Å². The van der Waals surface area contributed by atoms with Crippen molar-refractivity contribution in [1.82, 2.24) is 15.6 Å². The first-order chi connectivity index (χ1) is 14.3. The number of aromatic nitrogens is 2. The third-order valence-electron chi connectivity index (χ3n) is 5.21. The summed E-state index contributed by atoms with van der Waals surface area (Å²) in [7, 11) is 0. The van der Waals surface area contributed by atoms with Gasteiger partial charge in [-0.25, -0.2) is 4.99 Å². The summed E-state index contributed by atoms with van der Waals surface area (Å²) in [4.78, 5) is 16.8. The second-order valence-electron chi connectivity index (χ2n) is 8.58. The van der Waals surface area contributed by atoms with Crippen LogP contribution < -0.4 is 16.2 Å². The molecule has 4 N–H and O–H groups in total. The topological polar surface area (TPSA) is 99.4 Å². The van der Waals surface area contributed by atoms with E-state index in [0.717, 1.165) is 28.8 Å². The van der Waals surface area contributed by atoms with Crippen molar-refractivity contribution in [3.05, 3.63) is 70.9 Å². The van der Waals surface area contributed by atoms with E-state index >= 15 is 0 Å². The number of fused-ring (bicyclic) bond motifs is 1. The van der Waals surface area contributed by atoms with E-state index in [0.29, 0.717) is 17.3 Å². The van der Waals surface area contributed by atoms with Gasteiger partial charge in [-0.2, -0.15) is 5.10 Å². The number of nitrogens with one attached hydrogen (secondary N) is 2. The zero-order valence-electron chi connectivity index (χ0n) is 17.6. The van der Waals surface area contributed by atoms with Gasteiger partial charge < -0.3 is 10.5 Å². The maximum Gasteiger partial charge on any atom is 0.176 e. The molecule has 7 nitrogen and oxygen atoms in total. The predicted molar refractivity (Wildman–Crippen MR) is 120 cm³/mol. The lowest BCUT2D eigenvalue weighted by Crippen LogP contribution is -2.50. The van der Waals surface area contributed by atoms with Crippen LogP contribution in [0.15, 0.2) is 53.5 Å². The summed E-state index contributed by atoms with van der Waals surface area (Å²) in [5.74, 6) is 1.14. The maximum absolute atomic E-state index is 12.1. The molecule has 1 aliphatic rings. The number of carbonyl (C=O) groups excluding carboxylic acids is 1. The standard InChI is InChI=1S/C23H26N6O/c1-14-11-21(27-26-14)25-22-19-12-16(24)7-10-18(19)20(13-30)29(28-22)17-8-5-15(6-9-17)23(2,3)4/h5-13,20H,24H2,1-4H3,(H2,25,26,27,28).